The molecule has 0 spiro atoms. The second kappa shape index (κ2) is 9.47. The number of rotatable bonds is 5. The number of carbonyl (C=O) groups excluding carboxylic acids is 2. The number of methoxy groups -OCH3 is 1. The standard InChI is InChI=1S/C29H21ClFNO4/c1-36-24-15-19(11-14-23(24)30)27(33)25-26(22-8-4-6-18-5-2-3-7-21(18)22)32(29(35)28(25)34)16-17-9-12-20(31)13-10-17/h2-15,26,33H,16H2,1H3/b27-25-. The first-order valence-electron chi connectivity index (χ1n) is 11.2. The number of benzene rings is 4. The summed E-state index contributed by atoms with van der Waals surface area (Å²) in [6.07, 6.45) is 0. The summed E-state index contributed by atoms with van der Waals surface area (Å²) in [6, 6.07) is 22.8. The van der Waals surface area contributed by atoms with Gasteiger partial charge in [0.15, 0.2) is 0 Å². The van der Waals surface area contributed by atoms with Crippen molar-refractivity contribution in [3.05, 3.63) is 118 Å². The van der Waals surface area contributed by atoms with Crippen molar-refractivity contribution in [1.29, 1.82) is 0 Å². The van der Waals surface area contributed by atoms with Crippen molar-refractivity contribution >= 4 is 39.8 Å². The van der Waals surface area contributed by atoms with Crippen LogP contribution in [0.25, 0.3) is 16.5 Å². The van der Waals surface area contributed by atoms with E-state index >= 15 is 0 Å². The van der Waals surface area contributed by atoms with Crippen LogP contribution in [-0.2, 0) is 16.1 Å². The largest absolute Gasteiger partial charge is 0.507 e. The fourth-order valence-electron chi connectivity index (χ4n) is 4.60. The zero-order chi connectivity index (χ0) is 25.4. The normalized spacial score (nSPS) is 17.1. The number of likely N-dealkylation sites (tertiary alicyclic amines) is 1. The lowest BCUT2D eigenvalue weighted by Crippen LogP contribution is -2.29. The first-order chi connectivity index (χ1) is 17.4. The molecule has 4 aromatic carbocycles. The van der Waals surface area contributed by atoms with Crippen LogP contribution in [0.3, 0.4) is 0 Å². The van der Waals surface area contributed by atoms with Crippen molar-refractivity contribution in [1.82, 2.24) is 4.90 Å². The van der Waals surface area contributed by atoms with Gasteiger partial charge in [0, 0.05) is 12.1 Å². The minimum absolute atomic E-state index is 0.0390. The molecule has 1 aliphatic heterocycles. The highest BCUT2D eigenvalue weighted by Crippen LogP contribution is 2.43. The Bertz CT molecular complexity index is 1530. The van der Waals surface area contributed by atoms with Gasteiger partial charge in [0.05, 0.1) is 23.7 Å². The predicted molar refractivity (Wildman–Crippen MR) is 136 cm³/mol. The summed E-state index contributed by atoms with van der Waals surface area (Å²) in [4.78, 5) is 28.1. The zero-order valence-corrected chi connectivity index (χ0v) is 20.0. The van der Waals surface area contributed by atoms with Gasteiger partial charge in [0.2, 0.25) is 0 Å². The molecule has 1 saturated heterocycles. The van der Waals surface area contributed by atoms with Crippen LogP contribution in [0.1, 0.15) is 22.7 Å². The molecule has 7 heteroatoms. The van der Waals surface area contributed by atoms with E-state index in [4.69, 9.17) is 16.3 Å². The number of hydrogen-bond donors (Lipinski definition) is 1. The van der Waals surface area contributed by atoms with Crippen molar-refractivity contribution in [2.24, 2.45) is 0 Å². The topological polar surface area (TPSA) is 66.8 Å². The smallest absolute Gasteiger partial charge is 0.295 e. The molecule has 4 aromatic rings. The zero-order valence-electron chi connectivity index (χ0n) is 19.2. The van der Waals surface area contributed by atoms with Gasteiger partial charge in [-0.05, 0) is 52.2 Å². The van der Waals surface area contributed by atoms with Crippen molar-refractivity contribution < 1.29 is 23.8 Å². The van der Waals surface area contributed by atoms with Crippen LogP contribution in [0.5, 0.6) is 5.75 Å². The molecule has 1 atom stereocenters. The van der Waals surface area contributed by atoms with Crippen LogP contribution < -0.4 is 4.74 Å². The average molecular weight is 502 g/mol. The third-order valence-corrected chi connectivity index (χ3v) is 6.66. The Kier molecular flexibility index (Phi) is 6.20. The number of ketones is 1. The van der Waals surface area contributed by atoms with Crippen molar-refractivity contribution in [2.75, 3.05) is 7.11 Å². The molecule has 5 nitrogen and oxygen atoms in total. The summed E-state index contributed by atoms with van der Waals surface area (Å²) in [7, 11) is 1.45. The lowest BCUT2D eigenvalue weighted by Gasteiger charge is -2.26. The molecule has 0 radical (unpaired) electrons. The van der Waals surface area contributed by atoms with Crippen molar-refractivity contribution in [2.45, 2.75) is 12.6 Å². The molecule has 1 N–H and O–H groups in total. The van der Waals surface area contributed by atoms with Gasteiger partial charge in [-0.3, -0.25) is 9.59 Å². The average Bonchev–Trinajstić information content (AvgIpc) is 3.14. The van der Waals surface area contributed by atoms with Gasteiger partial charge in [-0.2, -0.15) is 0 Å². The molecule has 1 fully saturated rings. The van der Waals surface area contributed by atoms with Crippen LogP contribution in [-0.4, -0.2) is 28.8 Å². The number of Topliss-reactive ketones (excluding diaryl/α,β-unsaturated/α-hetero) is 1. The molecular formula is C29H21ClFNO4. The molecule has 1 heterocycles. The van der Waals surface area contributed by atoms with Gasteiger partial charge in [0.1, 0.15) is 17.3 Å². The van der Waals surface area contributed by atoms with E-state index in [2.05, 4.69) is 0 Å². The minimum Gasteiger partial charge on any atom is -0.507 e. The maximum Gasteiger partial charge on any atom is 0.295 e. The highest BCUT2D eigenvalue weighted by atomic mass is 35.5. The van der Waals surface area contributed by atoms with E-state index in [1.54, 1.807) is 24.3 Å². The van der Waals surface area contributed by atoms with Crippen LogP contribution in [0.15, 0.2) is 90.5 Å². The third kappa shape index (κ3) is 4.10. The first-order valence-corrected chi connectivity index (χ1v) is 11.6. The van der Waals surface area contributed by atoms with Gasteiger partial charge in [0.25, 0.3) is 11.7 Å². The number of fused-ring (bicyclic) bond motifs is 1. The van der Waals surface area contributed by atoms with E-state index in [0.717, 1.165) is 10.8 Å². The Morgan fingerprint density at radius 3 is 2.47 bits per heavy atom. The van der Waals surface area contributed by atoms with Crippen LogP contribution >= 0.6 is 11.6 Å². The molecule has 180 valence electrons. The van der Waals surface area contributed by atoms with Crippen molar-refractivity contribution in [3.8, 4) is 5.75 Å². The van der Waals surface area contributed by atoms with Gasteiger partial charge in [-0.1, -0.05) is 66.2 Å². The molecule has 5 rings (SSSR count). The number of halogens is 2. The highest BCUT2D eigenvalue weighted by Gasteiger charge is 2.46. The maximum absolute atomic E-state index is 13.5. The van der Waals surface area contributed by atoms with E-state index < -0.39 is 23.5 Å². The second-order valence-corrected chi connectivity index (χ2v) is 8.88. The Labute approximate surface area is 212 Å². The Hall–Kier alpha value is -4.16. The molecule has 1 unspecified atom stereocenters. The summed E-state index contributed by atoms with van der Waals surface area (Å²) in [6.45, 7) is 0.0550. The number of hydrogen-bond acceptors (Lipinski definition) is 4. The van der Waals surface area contributed by atoms with E-state index in [0.29, 0.717) is 27.5 Å². The quantitative estimate of drug-likeness (QED) is 0.199. The highest BCUT2D eigenvalue weighted by molar-refractivity contribution is 6.46. The summed E-state index contributed by atoms with van der Waals surface area (Å²) in [5.41, 5.74) is 1.60. The fourth-order valence-corrected chi connectivity index (χ4v) is 4.80. The fraction of sp³-hybridized carbons (Fsp3) is 0.103. The predicted octanol–water partition coefficient (Wildman–Crippen LogP) is 6.26. The molecular weight excluding hydrogens is 481 g/mol. The number of amides is 1. The monoisotopic (exact) mass is 501 g/mol. The second-order valence-electron chi connectivity index (χ2n) is 8.47. The number of carbonyl (C=O) groups is 2. The minimum atomic E-state index is -0.872. The van der Waals surface area contributed by atoms with Crippen molar-refractivity contribution in [3.63, 3.8) is 0 Å². The summed E-state index contributed by atoms with van der Waals surface area (Å²) >= 11 is 6.15. The summed E-state index contributed by atoms with van der Waals surface area (Å²) in [5.74, 6) is -1.96. The van der Waals surface area contributed by atoms with Crippen LogP contribution in [0, 0.1) is 5.82 Å². The number of aliphatic hydroxyl groups excluding tert-OH is 1. The van der Waals surface area contributed by atoms with E-state index in [9.17, 15) is 19.1 Å². The molecule has 0 aliphatic carbocycles. The molecule has 0 aromatic heterocycles. The molecule has 1 aliphatic rings. The number of nitrogens with zero attached hydrogens (tertiary/aromatic N) is 1. The van der Waals surface area contributed by atoms with E-state index in [-0.39, 0.29) is 17.9 Å². The van der Waals surface area contributed by atoms with E-state index in [1.807, 2.05) is 42.5 Å². The maximum atomic E-state index is 13.5. The Balaban J connectivity index is 1.73. The van der Waals surface area contributed by atoms with Crippen LogP contribution in [0.4, 0.5) is 4.39 Å². The first kappa shape index (κ1) is 23.6. The van der Waals surface area contributed by atoms with Crippen LogP contribution in [0.2, 0.25) is 5.02 Å². The van der Waals surface area contributed by atoms with Gasteiger partial charge in [-0.15, -0.1) is 0 Å². The van der Waals surface area contributed by atoms with E-state index in [1.165, 1.54) is 30.2 Å². The Morgan fingerprint density at radius 1 is 1.00 bits per heavy atom. The van der Waals surface area contributed by atoms with Gasteiger partial charge in [-0.25, -0.2) is 4.39 Å². The molecule has 0 bridgehead atoms. The summed E-state index contributed by atoms with van der Waals surface area (Å²) in [5, 5.41) is 13.5. The summed E-state index contributed by atoms with van der Waals surface area (Å²) < 4.78 is 18.8. The SMILES string of the molecule is COc1cc(/C(O)=C2/C(=O)C(=O)N(Cc3ccc(F)cc3)C2c2cccc3ccccc23)ccc1Cl. The molecule has 1 amide bonds. The number of ether oxygens (including phenoxy) is 1. The Morgan fingerprint density at radius 2 is 1.72 bits per heavy atom. The van der Waals surface area contributed by atoms with Gasteiger partial charge >= 0.3 is 0 Å². The van der Waals surface area contributed by atoms with Gasteiger partial charge < -0.3 is 14.7 Å². The number of aliphatic hydroxyl groups is 1. The molecule has 36 heavy (non-hydrogen) atoms. The lowest BCUT2D eigenvalue weighted by atomic mass is 9.91. The molecule has 0 saturated carbocycles. The third-order valence-electron chi connectivity index (χ3n) is 6.35. The lowest BCUT2D eigenvalue weighted by molar-refractivity contribution is -0.140.